The number of rotatable bonds is 8. The van der Waals surface area contributed by atoms with Crippen LogP contribution in [-0.2, 0) is 6.54 Å². The van der Waals surface area contributed by atoms with Crippen LogP contribution in [0.15, 0.2) is 30.5 Å². The molecular formula is C20H29ClFN5O. The van der Waals surface area contributed by atoms with Gasteiger partial charge in [-0.05, 0) is 50.0 Å². The van der Waals surface area contributed by atoms with Crippen LogP contribution < -0.4 is 5.32 Å². The van der Waals surface area contributed by atoms with E-state index in [1.165, 1.54) is 12.1 Å². The number of hydrogen-bond acceptors (Lipinski definition) is 4. The minimum absolute atomic E-state index is 0. The number of piperidine rings is 1. The van der Waals surface area contributed by atoms with Gasteiger partial charge in [0, 0.05) is 13.1 Å². The van der Waals surface area contributed by atoms with Crippen molar-refractivity contribution >= 4 is 18.3 Å². The fourth-order valence-electron chi connectivity index (χ4n) is 3.40. The Morgan fingerprint density at radius 2 is 1.96 bits per heavy atom. The van der Waals surface area contributed by atoms with Crippen LogP contribution in [-0.4, -0.2) is 45.4 Å². The SMILES string of the molecule is CCCCCN(Cc1ccc(F)cc1)C(=O)c1cn(C2CCNCC2)nn1.Cl. The molecule has 1 amide bonds. The second-order valence-corrected chi connectivity index (χ2v) is 7.13. The van der Waals surface area contributed by atoms with Crippen LogP contribution in [0.5, 0.6) is 0 Å². The maximum Gasteiger partial charge on any atom is 0.276 e. The molecule has 1 fully saturated rings. The number of hydrogen-bond donors (Lipinski definition) is 1. The predicted molar refractivity (Wildman–Crippen MR) is 109 cm³/mol. The van der Waals surface area contributed by atoms with Gasteiger partial charge in [-0.25, -0.2) is 9.07 Å². The van der Waals surface area contributed by atoms with Crippen molar-refractivity contribution in [2.24, 2.45) is 0 Å². The highest BCUT2D eigenvalue weighted by atomic mass is 35.5. The Kier molecular flexibility index (Phi) is 8.86. The Hall–Kier alpha value is -1.99. The molecule has 1 aliphatic heterocycles. The maximum absolute atomic E-state index is 13.2. The Balaban J connectivity index is 0.00000280. The zero-order valence-corrected chi connectivity index (χ0v) is 17.1. The molecule has 1 aromatic heterocycles. The lowest BCUT2D eigenvalue weighted by molar-refractivity contribution is 0.0734. The molecule has 0 atom stereocenters. The number of carbonyl (C=O) groups excluding carboxylic acids is 1. The molecule has 1 N–H and O–H groups in total. The summed E-state index contributed by atoms with van der Waals surface area (Å²) in [6.07, 6.45) is 6.85. The van der Waals surface area contributed by atoms with Crippen molar-refractivity contribution in [2.75, 3.05) is 19.6 Å². The highest BCUT2D eigenvalue weighted by molar-refractivity contribution is 5.91. The fraction of sp³-hybridized carbons (Fsp3) is 0.550. The molecular weight excluding hydrogens is 381 g/mol. The number of aromatic nitrogens is 3. The van der Waals surface area contributed by atoms with Gasteiger partial charge in [0.05, 0.1) is 12.2 Å². The third kappa shape index (κ3) is 6.01. The molecule has 0 unspecified atom stereocenters. The van der Waals surface area contributed by atoms with E-state index in [-0.39, 0.29) is 24.1 Å². The van der Waals surface area contributed by atoms with Crippen molar-refractivity contribution in [2.45, 2.75) is 51.6 Å². The van der Waals surface area contributed by atoms with Crippen LogP contribution in [0.2, 0.25) is 0 Å². The first-order valence-corrected chi connectivity index (χ1v) is 9.83. The summed E-state index contributed by atoms with van der Waals surface area (Å²) >= 11 is 0. The van der Waals surface area contributed by atoms with Crippen molar-refractivity contribution < 1.29 is 9.18 Å². The molecule has 154 valence electrons. The molecule has 8 heteroatoms. The molecule has 0 spiro atoms. The van der Waals surface area contributed by atoms with Crippen molar-refractivity contribution in [3.63, 3.8) is 0 Å². The zero-order chi connectivity index (χ0) is 19.1. The number of nitrogens with zero attached hydrogens (tertiary/aromatic N) is 4. The van der Waals surface area contributed by atoms with Gasteiger partial charge in [0.15, 0.2) is 5.69 Å². The van der Waals surface area contributed by atoms with E-state index >= 15 is 0 Å². The lowest BCUT2D eigenvalue weighted by Gasteiger charge is -2.23. The lowest BCUT2D eigenvalue weighted by atomic mass is 10.1. The molecule has 0 saturated carbocycles. The molecule has 0 aliphatic carbocycles. The van der Waals surface area contributed by atoms with Crippen LogP contribution in [0.3, 0.4) is 0 Å². The van der Waals surface area contributed by atoms with E-state index in [0.29, 0.717) is 24.8 Å². The highest BCUT2D eigenvalue weighted by Crippen LogP contribution is 2.18. The number of carbonyl (C=O) groups is 1. The van der Waals surface area contributed by atoms with E-state index in [1.807, 2.05) is 4.68 Å². The largest absolute Gasteiger partial charge is 0.333 e. The normalized spacial score (nSPS) is 14.5. The number of amides is 1. The molecule has 6 nitrogen and oxygen atoms in total. The van der Waals surface area contributed by atoms with Crippen molar-refractivity contribution in [3.05, 3.63) is 47.5 Å². The van der Waals surface area contributed by atoms with Gasteiger partial charge in [0.2, 0.25) is 0 Å². The van der Waals surface area contributed by atoms with Gasteiger partial charge in [-0.1, -0.05) is 37.1 Å². The van der Waals surface area contributed by atoms with E-state index in [2.05, 4.69) is 22.6 Å². The van der Waals surface area contributed by atoms with Crippen LogP contribution >= 0.6 is 12.4 Å². The van der Waals surface area contributed by atoms with Gasteiger partial charge in [0.1, 0.15) is 5.82 Å². The molecule has 2 heterocycles. The van der Waals surface area contributed by atoms with Gasteiger partial charge in [-0.3, -0.25) is 4.79 Å². The highest BCUT2D eigenvalue weighted by Gasteiger charge is 2.22. The van der Waals surface area contributed by atoms with E-state index in [4.69, 9.17) is 0 Å². The fourth-order valence-corrected chi connectivity index (χ4v) is 3.40. The Morgan fingerprint density at radius 3 is 2.64 bits per heavy atom. The summed E-state index contributed by atoms with van der Waals surface area (Å²) < 4.78 is 15.0. The summed E-state index contributed by atoms with van der Waals surface area (Å²) in [5.74, 6) is -0.386. The second-order valence-electron chi connectivity index (χ2n) is 7.13. The Morgan fingerprint density at radius 1 is 1.25 bits per heavy atom. The van der Waals surface area contributed by atoms with Crippen LogP contribution in [0, 0.1) is 5.82 Å². The quantitative estimate of drug-likeness (QED) is 0.676. The van der Waals surface area contributed by atoms with Gasteiger partial charge in [-0.2, -0.15) is 0 Å². The number of nitrogens with one attached hydrogen (secondary N) is 1. The molecule has 1 saturated heterocycles. The summed E-state index contributed by atoms with van der Waals surface area (Å²) in [7, 11) is 0. The average molecular weight is 410 g/mol. The summed E-state index contributed by atoms with van der Waals surface area (Å²) in [6, 6.07) is 6.60. The smallest absolute Gasteiger partial charge is 0.276 e. The summed E-state index contributed by atoms with van der Waals surface area (Å²) in [5, 5.41) is 11.7. The molecule has 2 aromatic rings. The van der Waals surface area contributed by atoms with E-state index in [0.717, 1.165) is 50.8 Å². The lowest BCUT2D eigenvalue weighted by Crippen LogP contribution is -2.32. The standard InChI is InChI=1S/C20H28FN5O.ClH/c1-2-3-4-13-25(14-16-5-7-17(21)8-6-16)20(27)19-15-26(24-23-19)18-9-11-22-12-10-18;/h5-8,15,18,22H,2-4,9-14H2,1H3;1H. The maximum atomic E-state index is 13.2. The predicted octanol–water partition coefficient (Wildman–Crippen LogP) is 3.60. The number of benzene rings is 1. The third-order valence-corrected chi connectivity index (χ3v) is 5.02. The summed E-state index contributed by atoms with van der Waals surface area (Å²) in [6.45, 7) is 5.16. The van der Waals surface area contributed by atoms with Crippen LogP contribution in [0.4, 0.5) is 4.39 Å². The number of unbranched alkanes of at least 4 members (excludes halogenated alkanes) is 2. The van der Waals surface area contributed by atoms with E-state index in [9.17, 15) is 9.18 Å². The van der Waals surface area contributed by atoms with Gasteiger partial charge in [-0.15, -0.1) is 17.5 Å². The topological polar surface area (TPSA) is 63.1 Å². The average Bonchev–Trinajstić information content (AvgIpc) is 3.19. The van der Waals surface area contributed by atoms with Crippen molar-refractivity contribution in [1.29, 1.82) is 0 Å². The third-order valence-electron chi connectivity index (χ3n) is 5.02. The van der Waals surface area contributed by atoms with Gasteiger partial charge in [0.25, 0.3) is 5.91 Å². The minimum atomic E-state index is -0.271. The van der Waals surface area contributed by atoms with E-state index < -0.39 is 0 Å². The minimum Gasteiger partial charge on any atom is -0.333 e. The monoisotopic (exact) mass is 409 g/mol. The molecule has 0 radical (unpaired) electrons. The van der Waals surface area contributed by atoms with Crippen LogP contribution in [0.25, 0.3) is 0 Å². The summed E-state index contributed by atoms with van der Waals surface area (Å²) in [4.78, 5) is 14.8. The molecule has 1 aliphatic rings. The van der Waals surface area contributed by atoms with Crippen LogP contribution in [0.1, 0.15) is 61.1 Å². The molecule has 0 bridgehead atoms. The molecule has 1 aromatic carbocycles. The summed E-state index contributed by atoms with van der Waals surface area (Å²) in [5.41, 5.74) is 1.29. The molecule has 3 rings (SSSR count). The second kappa shape index (κ2) is 11.1. The first kappa shape index (κ1) is 22.3. The Labute approximate surface area is 171 Å². The first-order valence-electron chi connectivity index (χ1n) is 9.83. The van der Waals surface area contributed by atoms with E-state index in [1.54, 1.807) is 23.2 Å². The van der Waals surface area contributed by atoms with Gasteiger partial charge >= 0.3 is 0 Å². The van der Waals surface area contributed by atoms with Crippen molar-refractivity contribution in [1.82, 2.24) is 25.2 Å². The Bertz CT molecular complexity index is 730. The zero-order valence-electron chi connectivity index (χ0n) is 16.3. The number of halogens is 2. The van der Waals surface area contributed by atoms with Gasteiger partial charge < -0.3 is 10.2 Å². The van der Waals surface area contributed by atoms with Crippen molar-refractivity contribution in [3.8, 4) is 0 Å². The first-order chi connectivity index (χ1) is 13.2. The molecule has 28 heavy (non-hydrogen) atoms.